The van der Waals surface area contributed by atoms with Crippen LogP contribution in [0.5, 0.6) is 0 Å². The summed E-state index contributed by atoms with van der Waals surface area (Å²) in [6.45, 7) is 0.305. The fourth-order valence-corrected chi connectivity index (χ4v) is 2.90. The number of benzene rings is 1. The van der Waals surface area contributed by atoms with Gasteiger partial charge in [-0.2, -0.15) is 4.98 Å². The Morgan fingerprint density at radius 1 is 1.41 bits per heavy atom. The lowest BCUT2D eigenvalue weighted by Crippen LogP contribution is -2.06. The van der Waals surface area contributed by atoms with Crippen molar-refractivity contribution in [3.8, 4) is 11.4 Å². The molecule has 0 N–H and O–H groups in total. The Kier molecular flexibility index (Phi) is 4.20. The Morgan fingerprint density at radius 2 is 2.27 bits per heavy atom. The molecule has 1 aromatic carbocycles. The van der Waals surface area contributed by atoms with E-state index in [2.05, 4.69) is 22.3 Å². The zero-order chi connectivity index (χ0) is 15.5. The average Bonchev–Trinajstić information content (AvgIpc) is 3.14. The Bertz CT molecular complexity index is 681. The van der Waals surface area contributed by atoms with Gasteiger partial charge in [-0.25, -0.2) is 0 Å². The molecule has 0 aliphatic heterocycles. The zero-order valence-corrected chi connectivity index (χ0v) is 12.7. The predicted octanol–water partition coefficient (Wildman–Crippen LogP) is 2.48. The van der Waals surface area contributed by atoms with Gasteiger partial charge in [0.1, 0.15) is 6.61 Å². The molecule has 0 unspecified atom stereocenters. The topological polar surface area (TPSA) is 74.5 Å². The van der Waals surface area contributed by atoms with Crippen molar-refractivity contribution >= 4 is 5.97 Å². The molecule has 1 aliphatic rings. The fraction of sp³-hybridized carbons (Fsp3) is 0.438. The Hall–Kier alpha value is -2.21. The number of rotatable bonds is 5. The number of hydrogen-bond donors (Lipinski definition) is 0. The Morgan fingerprint density at radius 3 is 3.05 bits per heavy atom. The van der Waals surface area contributed by atoms with Gasteiger partial charge in [-0.15, -0.1) is 0 Å². The van der Waals surface area contributed by atoms with E-state index in [1.54, 1.807) is 7.11 Å². The molecule has 0 fully saturated rings. The first-order chi connectivity index (χ1) is 10.7. The lowest BCUT2D eigenvalue weighted by atomic mass is 9.97. The second-order valence-electron chi connectivity index (χ2n) is 5.37. The van der Waals surface area contributed by atoms with Crippen molar-refractivity contribution in [2.45, 2.75) is 31.8 Å². The number of fused-ring (bicyclic) bond motifs is 1. The summed E-state index contributed by atoms with van der Waals surface area (Å²) in [4.78, 5) is 15.8. The first kappa shape index (κ1) is 14.7. The number of carbonyl (C=O) groups excluding carboxylic acids is 1. The highest BCUT2D eigenvalue weighted by Gasteiger charge is 2.25. The number of carbonyl (C=O) groups is 1. The van der Waals surface area contributed by atoms with Gasteiger partial charge in [0.05, 0.1) is 13.5 Å². The average molecular weight is 302 g/mol. The Balaban J connectivity index is 1.81. The van der Waals surface area contributed by atoms with Crippen LogP contribution in [0.4, 0.5) is 0 Å². The van der Waals surface area contributed by atoms with Crippen LogP contribution in [-0.2, 0) is 27.3 Å². The lowest BCUT2D eigenvalue weighted by molar-refractivity contribution is -0.141. The summed E-state index contributed by atoms with van der Waals surface area (Å²) in [7, 11) is 3.01. The molecule has 2 aromatic rings. The maximum absolute atomic E-state index is 11.5. The molecule has 1 aromatic heterocycles. The molecule has 0 radical (unpaired) electrons. The first-order valence-corrected chi connectivity index (χ1v) is 7.22. The first-order valence-electron chi connectivity index (χ1n) is 7.22. The van der Waals surface area contributed by atoms with Crippen LogP contribution in [0.25, 0.3) is 11.4 Å². The van der Waals surface area contributed by atoms with Gasteiger partial charge in [0.25, 0.3) is 5.89 Å². The molecule has 0 saturated heterocycles. The summed E-state index contributed by atoms with van der Waals surface area (Å²) < 4.78 is 14.9. The number of esters is 1. The monoisotopic (exact) mass is 302 g/mol. The van der Waals surface area contributed by atoms with E-state index in [9.17, 15) is 4.79 Å². The van der Waals surface area contributed by atoms with Crippen molar-refractivity contribution in [2.75, 3.05) is 14.2 Å². The van der Waals surface area contributed by atoms with Crippen LogP contribution in [-0.4, -0.2) is 30.3 Å². The molecular formula is C16H18N2O4. The number of aromatic nitrogens is 2. The molecule has 0 spiro atoms. The van der Waals surface area contributed by atoms with Gasteiger partial charge in [-0.05, 0) is 36.0 Å². The highest BCUT2D eigenvalue weighted by atomic mass is 16.5. The van der Waals surface area contributed by atoms with E-state index in [-0.39, 0.29) is 11.9 Å². The number of hydrogen-bond acceptors (Lipinski definition) is 6. The highest BCUT2D eigenvalue weighted by molar-refractivity contribution is 5.71. The molecule has 0 saturated carbocycles. The third kappa shape index (κ3) is 2.87. The molecule has 22 heavy (non-hydrogen) atoms. The van der Waals surface area contributed by atoms with E-state index in [0.717, 1.165) is 18.4 Å². The Labute approximate surface area is 128 Å². The molecule has 6 heteroatoms. The summed E-state index contributed by atoms with van der Waals surface area (Å²) in [6, 6.07) is 6.10. The van der Waals surface area contributed by atoms with Crippen LogP contribution < -0.4 is 0 Å². The van der Waals surface area contributed by atoms with E-state index in [1.165, 1.54) is 18.2 Å². The van der Waals surface area contributed by atoms with Gasteiger partial charge in [-0.3, -0.25) is 4.79 Å². The van der Waals surface area contributed by atoms with Gasteiger partial charge in [-0.1, -0.05) is 17.3 Å². The van der Waals surface area contributed by atoms with Crippen LogP contribution in [0.1, 0.15) is 35.8 Å². The largest absolute Gasteiger partial charge is 0.469 e. The van der Waals surface area contributed by atoms with Gasteiger partial charge in [0, 0.05) is 12.7 Å². The number of aryl methyl sites for hydroxylation is 1. The molecule has 0 bridgehead atoms. The van der Waals surface area contributed by atoms with Gasteiger partial charge in [0.2, 0.25) is 5.82 Å². The van der Waals surface area contributed by atoms with E-state index in [1.807, 2.05) is 6.07 Å². The highest BCUT2D eigenvalue weighted by Crippen LogP contribution is 2.37. The van der Waals surface area contributed by atoms with E-state index < -0.39 is 0 Å². The normalized spacial score (nSPS) is 16.5. The van der Waals surface area contributed by atoms with E-state index in [4.69, 9.17) is 14.0 Å². The van der Waals surface area contributed by atoms with Crippen LogP contribution >= 0.6 is 0 Å². The zero-order valence-electron chi connectivity index (χ0n) is 12.7. The quantitative estimate of drug-likeness (QED) is 0.790. The number of ether oxygens (including phenoxy) is 2. The van der Waals surface area contributed by atoms with Gasteiger partial charge < -0.3 is 14.0 Å². The van der Waals surface area contributed by atoms with Crippen molar-refractivity contribution in [1.82, 2.24) is 10.1 Å². The van der Waals surface area contributed by atoms with Crippen LogP contribution in [0.3, 0.4) is 0 Å². The SMILES string of the molecule is COCc1nc(-c2ccc3c(c2)CC[C@H]3CC(=O)OC)no1. The minimum Gasteiger partial charge on any atom is -0.469 e. The smallest absolute Gasteiger partial charge is 0.306 e. The maximum atomic E-state index is 11.5. The van der Waals surface area contributed by atoms with E-state index in [0.29, 0.717) is 24.7 Å². The fourth-order valence-electron chi connectivity index (χ4n) is 2.90. The third-order valence-electron chi connectivity index (χ3n) is 3.98. The second-order valence-corrected chi connectivity index (χ2v) is 5.37. The summed E-state index contributed by atoms with van der Waals surface area (Å²) in [6.07, 6.45) is 2.35. The minimum absolute atomic E-state index is 0.163. The molecular weight excluding hydrogens is 284 g/mol. The van der Waals surface area contributed by atoms with Crippen LogP contribution in [0.15, 0.2) is 22.7 Å². The molecule has 1 heterocycles. The van der Waals surface area contributed by atoms with Crippen LogP contribution in [0.2, 0.25) is 0 Å². The molecule has 3 rings (SSSR count). The molecule has 1 atom stereocenters. The van der Waals surface area contributed by atoms with E-state index >= 15 is 0 Å². The second kappa shape index (κ2) is 6.27. The number of nitrogens with zero attached hydrogens (tertiary/aromatic N) is 2. The molecule has 0 amide bonds. The molecule has 1 aliphatic carbocycles. The molecule has 6 nitrogen and oxygen atoms in total. The van der Waals surface area contributed by atoms with Gasteiger partial charge >= 0.3 is 5.97 Å². The summed E-state index contributed by atoms with van der Waals surface area (Å²) >= 11 is 0. The summed E-state index contributed by atoms with van der Waals surface area (Å²) in [5.41, 5.74) is 3.38. The van der Waals surface area contributed by atoms with Crippen molar-refractivity contribution in [3.63, 3.8) is 0 Å². The summed E-state index contributed by atoms with van der Waals surface area (Å²) in [5, 5.41) is 3.97. The number of methoxy groups -OCH3 is 2. The van der Waals surface area contributed by atoms with Crippen molar-refractivity contribution in [3.05, 3.63) is 35.2 Å². The predicted molar refractivity (Wildman–Crippen MR) is 78.1 cm³/mol. The molecule has 116 valence electrons. The van der Waals surface area contributed by atoms with Crippen molar-refractivity contribution in [1.29, 1.82) is 0 Å². The van der Waals surface area contributed by atoms with Gasteiger partial charge in [0.15, 0.2) is 0 Å². The minimum atomic E-state index is -0.163. The summed E-state index contributed by atoms with van der Waals surface area (Å²) in [5.74, 6) is 1.10. The van der Waals surface area contributed by atoms with Crippen molar-refractivity contribution < 1.29 is 18.8 Å². The standard InChI is InChI=1S/C16H18N2O4/c1-20-9-14-17-16(18-22-14)12-5-6-13-10(7-12)3-4-11(13)8-15(19)21-2/h5-7,11H,3-4,8-9H2,1-2H3/t11-/m0/s1. The lowest BCUT2D eigenvalue weighted by Gasteiger charge is -2.10. The maximum Gasteiger partial charge on any atom is 0.306 e. The third-order valence-corrected chi connectivity index (χ3v) is 3.98. The van der Waals surface area contributed by atoms with Crippen molar-refractivity contribution in [2.24, 2.45) is 0 Å². The van der Waals surface area contributed by atoms with Crippen LogP contribution in [0, 0.1) is 0 Å².